The third-order valence-electron chi connectivity index (χ3n) is 3.70. The molecular weight excluding hydrogens is 266 g/mol. The van der Waals surface area contributed by atoms with Crippen molar-refractivity contribution in [3.05, 3.63) is 29.8 Å². The topological polar surface area (TPSA) is 75.6 Å². The van der Waals surface area contributed by atoms with Gasteiger partial charge in [0.05, 0.1) is 17.1 Å². The van der Waals surface area contributed by atoms with Crippen LogP contribution in [0.1, 0.15) is 24.8 Å². The summed E-state index contributed by atoms with van der Waals surface area (Å²) in [5.41, 5.74) is 0.351. The van der Waals surface area contributed by atoms with Crippen LogP contribution >= 0.6 is 0 Å². The largest absolute Gasteiger partial charge is 0.392 e. The third kappa shape index (κ3) is 3.14. The molecule has 0 aromatic heterocycles. The van der Waals surface area contributed by atoms with Crippen molar-refractivity contribution < 1.29 is 18.3 Å². The highest BCUT2D eigenvalue weighted by Crippen LogP contribution is 2.34. The molecule has 0 spiro atoms. The van der Waals surface area contributed by atoms with Gasteiger partial charge in [-0.15, -0.1) is 0 Å². The van der Waals surface area contributed by atoms with Crippen molar-refractivity contribution in [1.82, 2.24) is 4.72 Å². The maximum atomic E-state index is 12.1. The van der Waals surface area contributed by atoms with Crippen molar-refractivity contribution >= 4 is 10.0 Å². The Balaban J connectivity index is 2.05. The van der Waals surface area contributed by atoms with Gasteiger partial charge in [-0.1, -0.05) is 12.1 Å². The SMILES string of the molecule is COC1(CNS(=O)(=O)c2ccc(CO)cc2)CCC1. The van der Waals surface area contributed by atoms with E-state index < -0.39 is 10.0 Å². The first-order valence-electron chi connectivity index (χ1n) is 6.26. The molecule has 0 unspecified atom stereocenters. The smallest absolute Gasteiger partial charge is 0.240 e. The third-order valence-corrected chi connectivity index (χ3v) is 5.12. The first-order valence-corrected chi connectivity index (χ1v) is 7.74. The molecule has 6 heteroatoms. The fourth-order valence-electron chi connectivity index (χ4n) is 2.11. The van der Waals surface area contributed by atoms with Crippen LogP contribution in [0.15, 0.2) is 29.2 Å². The minimum Gasteiger partial charge on any atom is -0.392 e. The van der Waals surface area contributed by atoms with E-state index in [-0.39, 0.29) is 17.1 Å². The summed E-state index contributed by atoms with van der Waals surface area (Å²) in [6.07, 6.45) is 2.84. The number of nitrogens with one attached hydrogen (secondary N) is 1. The zero-order chi connectivity index (χ0) is 13.9. The second-order valence-corrected chi connectivity index (χ2v) is 6.63. The van der Waals surface area contributed by atoms with Crippen LogP contribution < -0.4 is 4.72 Å². The standard InChI is InChI=1S/C13H19NO4S/c1-18-13(7-2-8-13)10-14-19(16,17)12-5-3-11(9-15)4-6-12/h3-6,14-15H,2,7-10H2,1H3. The van der Waals surface area contributed by atoms with Gasteiger partial charge < -0.3 is 9.84 Å². The van der Waals surface area contributed by atoms with Gasteiger partial charge in [0.1, 0.15) is 0 Å². The molecule has 0 saturated heterocycles. The van der Waals surface area contributed by atoms with Crippen LogP contribution in [0, 0.1) is 0 Å². The number of ether oxygens (including phenoxy) is 1. The summed E-state index contributed by atoms with van der Waals surface area (Å²) in [4.78, 5) is 0.204. The van der Waals surface area contributed by atoms with Crippen LogP contribution in [0.25, 0.3) is 0 Å². The first-order chi connectivity index (χ1) is 9.01. The number of benzene rings is 1. The number of hydrogen-bond acceptors (Lipinski definition) is 4. The second-order valence-electron chi connectivity index (χ2n) is 4.87. The summed E-state index contributed by atoms with van der Waals surface area (Å²) in [6, 6.07) is 6.19. The Kier molecular flexibility index (Phi) is 4.25. The molecule has 0 radical (unpaired) electrons. The second kappa shape index (κ2) is 5.58. The summed E-state index contributed by atoms with van der Waals surface area (Å²) in [5.74, 6) is 0. The minimum absolute atomic E-state index is 0.0967. The quantitative estimate of drug-likeness (QED) is 0.818. The van der Waals surface area contributed by atoms with Gasteiger partial charge in [-0.2, -0.15) is 0 Å². The van der Waals surface area contributed by atoms with Crippen molar-refractivity contribution in [1.29, 1.82) is 0 Å². The zero-order valence-electron chi connectivity index (χ0n) is 10.9. The van der Waals surface area contributed by atoms with Crippen LogP contribution in [0.2, 0.25) is 0 Å². The predicted octanol–water partition coefficient (Wildman–Crippen LogP) is 1.03. The van der Waals surface area contributed by atoms with E-state index in [1.165, 1.54) is 12.1 Å². The zero-order valence-corrected chi connectivity index (χ0v) is 11.7. The van der Waals surface area contributed by atoms with E-state index >= 15 is 0 Å². The molecule has 1 saturated carbocycles. The van der Waals surface area contributed by atoms with Crippen molar-refractivity contribution in [3.8, 4) is 0 Å². The van der Waals surface area contributed by atoms with Gasteiger partial charge in [-0.3, -0.25) is 0 Å². The lowest BCUT2D eigenvalue weighted by Crippen LogP contribution is -2.49. The van der Waals surface area contributed by atoms with E-state index in [9.17, 15) is 8.42 Å². The van der Waals surface area contributed by atoms with Gasteiger partial charge in [0.25, 0.3) is 0 Å². The molecule has 5 nitrogen and oxygen atoms in total. The average Bonchev–Trinajstić information content (AvgIpc) is 2.38. The lowest BCUT2D eigenvalue weighted by Gasteiger charge is -2.40. The molecule has 0 heterocycles. The Morgan fingerprint density at radius 2 is 1.95 bits per heavy atom. The van der Waals surface area contributed by atoms with Gasteiger partial charge in [0, 0.05) is 13.7 Å². The number of aliphatic hydroxyl groups is 1. The van der Waals surface area contributed by atoms with Crippen molar-refractivity contribution in [2.24, 2.45) is 0 Å². The molecule has 0 atom stereocenters. The molecule has 2 N–H and O–H groups in total. The van der Waals surface area contributed by atoms with E-state index in [1.54, 1.807) is 19.2 Å². The van der Waals surface area contributed by atoms with Crippen LogP contribution in [-0.4, -0.2) is 32.8 Å². The van der Waals surface area contributed by atoms with Crippen molar-refractivity contribution in [2.45, 2.75) is 36.4 Å². The lowest BCUT2D eigenvalue weighted by molar-refractivity contribution is -0.0659. The van der Waals surface area contributed by atoms with Gasteiger partial charge in [0.2, 0.25) is 10.0 Å². The summed E-state index contributed by atoms with van der Waals surface area (Å²) in [5, 5.41) is 8.93. The average molecular weight is 285 g/mol. The Hall–Kier alpha value is -0.950. The van der Waals surface area contributed by atoms with Gasteiger partial charge >= 0.3 is 0 Å². The van der Waals surface area contributed by atoms with E-state index in [1.807, 2.05) is 0 Å². The fourth-order valence-corrected chi connectivity index (χ4v) is 3.22. The minimum atomic E-state index is -3.52. The van der Waals surface area contributed by atoms with Crippen molar-refractivity contribution in [2.75, 3.05) is 13.7 Å². The molecule has 2 rings (SSSR count). The maximum absolute atomic E-state index is 12.1. The van der Waals surface area contributed by atoms with E-state index in [0.29, 0.717) is 12.1 Å². The molecule has 1 aromatic carbocycles. The van der Waals surface area contributed by atoms with Crippen LogP contribution in [-0.2, 0) is 21.4 Å². The van der Waals surface area contributed by atoms with Crippen molar-refractivity contribution in [3.63, 3.8) is 0 Å². The Bertz CT molecular complexity index is 515. The predicted molar refractivity (Wildman–Crippen MR) is 71.1 cm³/mol. The maximum Gasteiger partial charge on any atom is 0.240 e. The molecule has 0 bridgehead atoms. The molecule has 0 amide bonds. The summed E-state index contributed by atoms with van der Waals surface area (Å²) >= 11 is 0. The molecule has 0 aliphatic heterocycles. The number of aliphatic hydroxyl groups excluding tert-OH is 1. The van der Waals surface area contributed by atoms with Crippen LogP contribution in [0.3, 0.4) is 0 Å². The molecule has 1 aliphatic carbocycles. The van der Waals surface area contributed by atoms with E-state index in [0.717, 1.165) is 19.3 Å². The summed E-state index contributed by atoms with van der Waals surface area (Å²) in [6.45, 7) is 0.203. The highest BCUT2D eigenvalue weighted by molar-refractivity contribution is 7.89. The summed E-state index contributed by atoms with van der Waals surface area (Å²) in [7, 11) is -1.90. The lowest BCUT2D eigenvalue weighted by atomic mass is 9.80. The molecule has 1 fully saturated rings. The van der Waals surface area contributed by atoms with E-state index in [2.05, 4.69) is 4.72 Å². The van der Waals surface area contributed by atoms with Gasteiger partial charge in [-0.05, 0) is 37.0 Å². The fraction of sp³-hybridized carbons (Fsp3) is 0.538. The first kappa shape index (κ1) is 14.5. The van der Waals surface area contributed by atoms with Gasteiger partial charge in [-0.25, -0.2) is 13.1 Å². The number of rotatable bonds is 6. The normalized spacial score (nSPS) is 18.0. The molecule has 1 aliphatic rings. The Morgan fingerprint density at radius 1 is 1.32 bits per heavy atom. The summed E-state index contributed by atoms with van der Waals surface area (Å²) < 4.78 is 32.2. The van der Waals surface area contributed by atoms with Gasteiger partial charge in [0.15, 0.2) is 0 Å². The number of methoxy groups -OCH3 is 1. The molecule has 19 heavy (non-hydrogen) atoms. The van der Waals surface area contributed by atoms with Crippen LogP contribution in [0.5, 0.6) is 0 Å². The Labute approximate surface area is 113 Å². The van der Waals surface area contributed by atoms with E-state index in [4.69, 9.17) is 9.84 Å². The highest BCUT2D eigenvalue weighted by atomic mass is 32.2. The number of sulfonamides is 1. The monoisotopic (exact) mass is 285 g/mol. The molecular formula is C13H19NO4S. The van der Waals surface area contributed by atoms with Crippen LogP contribution in [0.4, 0.5) is 0 Å². The molecule has 106 valence electrons. The molecule has 1 aromatic rings. The number of hydrogen-bond donors (Lipinski definition) is 2. The highest BCUT2D eigenvalue weighted by Gasteiger charge is 2.37. The Morgan fingerprint density at radius 3 is 2.37 bits per heavy atom.